The van der Waals surface area contributed by atoms with Gasteiger partial charge in [-0.25, -0.2) is 0 Å². The Labute approximate surface area is 173 Å². The lowest BCUT2D eigenvalue weighted by Gasteiger charge is -2.21. The van der Waals surface area contributed by atoms with Gasteiger partial charge in [0.15, 0.2) is 0 Å². The molecule has 4 heteroatoms. The van der Waals surface area contributed by atoms with E-state index in [-0.39, 0.29) is 22.8 Å². The van der Waals surface area contributed by atoms with Crippen LogP contribution in [0.2, 0.25) is 0 Å². The van der Waals surface area contributed by atoms with Gasteiger partial charge in [0.25, 0.3) is 0 Å². The Morgan fingerprint density at radius 2 is 1.00 bits per heavy atom. The summed E-state index contributed by atoms with van der Waals surface area (Å²) in [6, 6.07) is 0. The molecule has 0 bridgehead atoms. The fourth-order valence-electron chi connectivity index (χ4n) is 3.10. The van der Waals surface area contributed by atoms with Crippen LogP contribution in [0.3, 0.4) is 0 Å². The normalized spacial score (nSPS) is 12.4. The molecule has 164 valence electrons. The molecule has 28 heavy (non-hydrogen) atoms. The number of allylic oxidation sites excluding steroid dienone is 2. The van der Waals surface area contributed by atoms with Gasteiger partial charge in [-0.3, -0.25) is 9.59 Å². The molecular formula is C24H44O4. The second-order valence-electron chi connectivity index (χ2n) is 8.88. The van der Waals surface area contributed by atoms with Gasteiger partial charge in [0, 0.05) is 0 Å². The highest BCUT2D eigenvalue weighted by Crippen LogP contribution is 2.26. The van der Waals surface area contributed by atoms with Gasteiger partial charge in [0.2, 0.25) is 0 Å². The topological polar surface area (TPSA) is 52.6 Å². The maximum atomic E-state index is 11.8. The van der Waals surface area contributed by atoms with Crippen molar-refractivity contribution in [2.75, 3.05) is 13.2 Å². The van der Waals surface area contributed by atoms with E-state index >= 15 is 0 Å². The van der Waals surface area contributed by atoms with E-state index in [2.05, 4.69) is 12.2 Å². The molecule has 0 fully saturated rings. The lowest BCUT2D eigenvalue weighted by molar-refractivity contribution is -0.154. The number of hydrogen-bond donors (Lipinski definition) is 0. The average Bonchev–Trinajstić information content (AvgIpc) is 2.62. The summed E-state index contributed by atoms with van der Waals surface area (Å²) < 4.78 is 10.3. The highest BCUT2D eigenvalue weighted by Gasteiger charge is 2.28. The molecule has 0 amide bonds. The second kappa shape index (κ2) is 14.6. The van der Waals surface area contributed by atoms with E-state index in [0.717, 1.165) is 51.4 Å². The zero-order valence-electron chi connectivity index (χ0n) is 19.3. The SMILES string of the molecule is CCOC(=O)C(C)(C)CCCCC/C=C/CCCCCC(C)(C)C(=O)OCC. The van der Waals surface area contributed by atoms with Gasteiger partial charge in [0.05, 0.1) is 24.0 Å². The van der Waals surface area contributed by atoms with Crippen LogP contribution in [0, 0.1) is 10.8 Å². The zero-order chi connectivity index (χ0) is 21.5. The fraction of sp³-hybridized carbons (Fsp3) is 0.833. The van der Waals surface area contributed by atoms with E-state index < -0.39 is 0 Å². The van der Waals surface area contributed by atoms with Crippen LogP contribution >= 0.6 is 0 Å². The second-order valence-corrected chi connectivity index (χ2v) is 8.88. The van der Waals surface area contributed by atoms with Crippen molar-refractivity contribution in [1.82, 2.24) is 0 Å². The van der Waals surface area contributed by atoms with E-state index in [0.29, 0.717) is 13.2 Å². The van der Waals surface area contributed by atoms with Crippen molar-refractivity contribution in [2.45, 2.75) is 106 Å². The highest BCUT2D eigenvalue weighted by molar-refractivity contribution is 5.76. The highest BCUT2D eigenvalue weighted by atomic mass is 16.5. The molecular weight excluding hydrogens is 352 g/mol. The number of esters is 2. The van der Waals surface area contributed by atoms with E-state index in [9.17, 15) is 9.59 Å². The van der Waals surface area contributed by atoms with Crippen molar-refractivity contribution >= 4 is 11.9 Å². The molecule has 0 aliphatic rings. The average molecular weight is 397 g/mol. The van der Waals surface area contributed by atoms with E-state index in [4.69, 9.17) is 9.47 Å². The number of hydrogen-bond acceptors (Lipinski definition) is 4. The van der Waals surface area contributed by atoms with Crippen molar-refractivity contribution in [3.8, 4) is 0 Å². The maximum absolute atomic E-state index is 11.8. The lowest BCUT2D eigenvalue weighted by atomic mass is 9.87. The molecule has 4 nitrogen and oxygen atoms in total. The monoisotopic (exact) mass is 396 g/mol. The molecule has 0 spiro atoms. The fourth-order valence-corrected chi connectivity index (χ4v) is 3.10. The summed E-state index contributed by atoms with van der Waals surface area (Å²) in [7, 11) is 0. The van der Waals surface area contributed by atoms with Crippen LogP contribution in [0.15, 0.2) is 12.2 Å². The Morgan fingerprint density at radius 1 is 0.643 bits per heavy atom. The minimum Gasteiger partial charge on any atom is -0.466 e. The quantitative estimate of drug-likeness (QED) is 0.167. The summed E-state index contributed by atoms with van der Waals surface area (Å²) in [6.45, 7) is 12.5. The predicted octanol–water partition coefficient (Wildman–Crippen LogP) is 6.62. The number of unbranched alkanes of at least 4 members (excludes halogenated alkanes) is 6. The molecule has 0 aromatic carbocycles. The van der Waals surface area contributed by atoms with Crippen LogP contribution in [0.25, 0.3) is 0 Å². The molecule has 0 aromatic heterocycles. The largest absolute Gasteiger partial charge is 0.466 e. The van der Waals surface area contributed by atoms with Crippen molar-refractivity contribution in [2.24, 2.45) is 10.8 Å². The third kappa shape index (κ3) is 12.2. The van der Waals surface area contributed by atoms with Crippen LogP contribution in [-0.2, 0) is 19.1 Å². The molecule has 0 N–H and O–H groups in total. The molecule has 0 rings (SSSR count). The van der Waals surface area contributed by atoms with Gasteiger partial charge in [0.1, 0.15) is 0 Å². The minimum absolute atomic E-state index is 0.0828. The Hall–Kier alpha value is -1.32. The smallest absolute Gasteiger partial charge is 0.311 e. The number of carbonyl (C=O) groups is 2. The van der Waals surface area contributed by atoms with Crippen LogP contribution in [0.4, 0.5) is 0 Å². The first-order valence-corrected chi connectivity index (χ1v) is 11.2. The molecule has 0 saturated carbocycles. The molecule has 0 atom stereocenters. The zero-order valence-corrected chi connectivity index (χ0v) is 19.3. The maximum Gasteiger partial charge on any atom is 0.311 e. The molecule has 0 unspecified atom stereocenters. The number of carbonyl (C=O) groups excluding carboxylic acids is 2. The molecule has 0 heterocycles. The Balaban J connectivity index is 3.67. The first-order chi connectivity index (χ1) is 13.2. The van der Waals surface area contributed by atoms with Crippen LogP contribution in [0.1, 0.15) is 106 Å². The molecule has 0 saturated heterocycles. The number of rotatable bonds is 16. The van der Waals surface area contributed by atoms with Crippen LogP contribution in [0.5, 0.6) is 0 Å². The van der Waals surface area contributed by atoms with Crippen molar-refractivity contribution in [3.05, 3.63) is 12.2 Å². The summed E-state index contributed by atoms with van der Waals surface area (Å²) in [5.41, 5.74) is -0.735. The Bertz CT molecular complexity index is 421. The molecule has 0 aliphatic heterocycles. The van der Waals surface area contributed by atoms with Gasteiger partial charge in [-0.1, -0.05) is 37.8 Å². The summed E-state index contributed by atoms with van der Waals surface area (Å²) in [5.74, 6) is -0.166. The third-order valence-corrected chi connectivity index (χ3v) is 5.17. The first kappa shape index (κ1) is 26.7. The summed E-state index contributed by atoms with van der Waals surface area (Å²) in [4.78, 5) is 23.7. The first-order valence-electron chi connectivity index (χ1n) is 11.2. The van der Waals surface area contributed by atoms with Gasteiger partial charge < -0.3 is 9.47 Å². The summed E-state index contributed by atoms with van der Waals surface area (Å²) in [5, 5.41) is 0. The molecule has 0 radical (unpaired) electrons. The van der Waals surface area contributed by atoms with Gasteiger partial charge in [-0.2, -0.15) is 0 Å². The third-order valence-electron chi connectivity index (χ3n) is 5.17. The van der Waals surface area contributed by atoms with Gasteiger partial charge in [-0.15, -0.1) is 0 Å². The Kier molecular flexibility index (Phi) is 14.0. The van der Waals surface area contributed by atoms with E-state index in [1.807, 2.05) is 41.5 Å². The van der Waals surface area contributed by atoms with Crippen LogP contribution < -0.4 is 0 Å². The predicted molar refractivity (Wildman–Crippen MR) is 116 cm³/mol. The Morgan fingerprint density at radius 3 is 1.32 bits per heavy atom. The van der Waals surface area contributed by atoms with Crippen molar-refractivity contribution in [3.63, 3.8) is 0 Å². The summed E-state index contributed by atoms with van der Waals surface area (Å²) >= 11 is 0. The van der Waals surface area contributed by atoms with Gasteiger partial charge >= 0.3 is 11.9 Å². The molecule has 0 aliphatic carbocycles. The minimum atomic E-state index is -0.367. The van der Waals surface area contributed by atoms with E-state index in [1.165, 1.54) is 12.8 Å². The van der Waals surface area contributed by atoms with Gasteiger partial charge in [-0.05, 0) is 80.1 Å². The van der Waals surface area contributed by atoms with E-state index in [1.54, 1.807) is 0 Å². The molecule has 0 aromatic rings. The van der Waals surface area contributed by atoms with Crippen LogP contribution in [-0.4, -0.2) is 25.2 Å². The number of ether oxygens (including phenoxy) is 2. The lowest BCUT2D eigenvalue weighted by Crippen LogP contribution is -2.26. The standard InChI is InChI=1S/C24H44O4/c1-7-27-21(25)23(3,4)19-17-15-13-11-9-10-12-14-16-18-20-24(5,6)22(26)28-8-2/h9-10H,7-8,11-20H2,1-6H3/b10-9+. The van der Waals surface area contributed by atoms with Crippen molar-refractivity contribution < 1.29 is 19.1 Å². The summed E-state index contributed by atoms with van der Waals surface area (Å²) in [6.07, 6.45) is 15.3. The van der Waals surface area contributed by atoms with Crippen molar-refractivity contribution in [1.29, 1.82) is 0 Å².